The number of aryl methyl sites for hydroxylation is 1. The van der Waals surface area contributed by atoms with E-state index in [9.17, 15) is 0 Å². The number of hydrogen-bond donors (Lipinski definition) is 1. The first-order chi connectivity index (χ1) is 10.3. The molecule has 0 aromatic heterocycles. The normalized spacial score (nSPS) is 17.0. The molecule has 2 heteroatoms. The Kier molecular flexibility index (Phi) is 4.14. The van der Waals surface area contributed by atoms with Crippen molar-refractivity contribution in [1.82, 2.24) is 0 Å². The maximum absolute atomic E-state index is 5.72. The van der Waals surface area contributed by atoms with E-state index < -0.39 is 0 Å². The van der Waals surface area contributed by atoms with Crippen LogP contribution in [0, 0.1) is 0 Å². The first-order valence-electron chi connectivity index (χ1n) is 7.85. The van der Waals surface area contributed by atoms with Gasteiger partial charge in [0.15, 0.2) is 0 Å². The predicted octanol–water partition coefficient (Wildman–Crippen LogP) is 4.42. The Hall–Kier alpha value is -1.96. The van der Waals surface area contributed by atoms with Gasteiger partial charge in [0.05, 0.1) is 6.61 Å². The fourth-order valence-corrected chi connectivity index (χ4v) is 2.98. The Morgan fingerprint density at radius 1 is 1.19 bits per heavy atom. The molecule has 1 heterocycles. The highest BCUT2D eigenvalue weighted by Crippen LogP contribution is 2.28. The van der Waals surface area contributed by atoms with Crippen molar-refractivity contribution < 1.29 is 4.74 Å². The monoisotopic (exact) mass is 281 g/mol. The molecule has 2 nitrogen and oxygen atoms in total. The highest BCUT2D eigenvalue weighted by molar-refractivity contribution is 5.55. The number of rotatable bonds is 4. The third kappa shape index (κ3) is 3.21. The van der Waals surface area contributed by atoms with Crippen molar-refractivity contribution in [3.05, 3.63) is 59.2 Å². The number of fused-ring (bicyclic) bond motifs is 1. The third-order valence-corrected chi connectivity index (χ3v) is 4.09. The molecule has 110 valence electrons. The Balaban J connectivity index is 1.83. The number of para-hydroxylation sites is 1. The SMILES string of the molecule is CCOc1ccccc1Cc1ccc2c(c1)CCC(C)N2. The molecule has 0 fully saturated rings. The van der Waals surface area contributed by atoms with E-state index in [1.165, 1.54) is 35.2 Å². The zero-order valence-corrected chi connectivity index (χ0v) is 12.9. The molecule has 0 radical (unpaired) electrons. The molecule has 1 unspecified atom stereocenters. The van der Waals surface area contributed by atoms with E-state index in [1.807, 2.05) is 13.0 Å². The molecule has 3 rings (SSSR count). The van der Waals surface area contributed by atoms with Gasteiger partial charge < -0.3 is 10.1 Å². The van der Waals surface area contributed by atoms with Gasteiger partial charge in [-0.3, -0.25) is 0 Å². The van der Waals surface area contributed by atoms with Gasteiger partial charge in [0.25, 0.3) is 0 Å². The molecule has 0 spiro atoms. The van der Waals surface area contributed by atoms with Crippen LogP contribution in [0.4, 0.5) is 5.69 Å². The zero-order valence-electron chi connectivity index (χ0n) is 12.9. The highest BCUT2D eigenvalue weighted by atomic mass is 16.5. The van der Waals surface area contributed by atoms with Gasteiger partial charge >= 0.3 is 0 Å². The lowest BCUT2D eigenvalue weighted by molar-refractivity contribution is 0.337. The average molecular weight is 281 g/mol. The summed E-state index contributed by atoms with van der Waals surface area (Å²) in [6.07, 6.45) is 3.31. The Bertz CT molecular complexity index is 621. The summed E-state index contributed by atoms with van der Waals surface area (Å²) >= 11 is 0. The van der Waals surface area contributed by atoms with Crippen LogP contribution in [0.25, 0.3) is 0 Å². The summed E-state index contributed by atoms with van der Waals surface area (Å²) in [4.78, 5) is 0. The quantitative estimate of drug-likeness (QED) is 0.895. The van der Waals surface area contributed by atoms with Gasteiger partial charge in [0.2, 0.25) is 0 Å². The summed E-state index contributed by atoms with van der Waals surface area (Å²) in [5.41, 5.74) is 5.36. The fraction of sp³-hybridized carbons (Fsp3) is 0.368. The molecule has 2 aromatic rings. The summed E-state index contributed by atoms with van der Waals surface area (Å²) in [6, 6.07) is 15.7. The number of nitrogens with one attached hydrogen (secondary N) is 1. The summed E-state index contributed by atoms with van der Waals surface area (Å²) < 4.78 is 5.72. The topological polar surface area (TPSA) is 21.3 Å². The summed E-state index contributed by atoms with van der Waals surface area (Å²) in [5, 5.41) is 3.56. The van der Waals surface area contributed by atoms with Crippen LogP contribution in [0.2, 0.25) is 0 Å². The Morgan fingerprint density at radius 2 is 2.05 bits per heavy atom. The zero-order chi connectivity index (χ0) is 14.7. The standard InChI is InChI=1S/C19H23NO/c1-3-21-19-7-5-4-6-17(19)13-15-9-11-18-16(12-15)10-8-14(2)20-18/h4-7,9,11-12,14,20H,3,8,10,13H2,1-2H3. The van der Waals surface area contributed by atoms with E-state index in [4.69, 9.17) is 4.74 Å². The van der Waals surface area contributed by atoms with Crippen LogP contribution in [-0.4, -0.2) is 12.6 Å². The second-order valence-corrected chi connectivity index (χ2v) is 5.79. The molecule has 21 heavy (non-hydrogen) atoms. The Labute approximate surface area is 127 Å². The minimum atomic E-state index is 0.585. The van der Waals surface area contributed by atoms with E-state index in [2.05, 4.69) is 48.6 Å². The molecule has 0 saturated heterocycles. The molecule has 1 aliphatic rings. The lowest BCUT2D eigenvalue weighted by Gasteiger charge is -2.24. The van der Waals surface area contributed by atoms with Gasteiger partial charge in [0, 0.05) is 18.2 Å². The molecular formula is C19H23NO. The molecule has 2 aromatic carbocycles. The van der Waals surface area contributed by atoms with Crippen molar-refractivity contribution in [2.75, 3.05) is 11.9 Å². The fourth-order valence-electron chi connectivity index (χ4n) is 2.98. The average Bonchev–Trinajstić information content (AvgIpc) is 2.50. The largest absolute Gasteiger partial charge is 0.494 e. The molecule has 0 amide bonds. The van der Waals surface area contributed by atoms with Crippen molar-refractivity contribution in [3.8, 4) is 5.75 Å². The van der Waals surface area contributed by atoms with Crippen LogP contribution in [0.1, 0.15) is 37.0 Å². The van der Waals surface area contributed by atoms with Crippen molar-refractivity contribution in [2.24, 2.45) is 0 Å². The van der Waals surface area contributed by atoms with Gasteiger partial charge in [-0.15, -0.1) is 0 Å². The molecule has 1 atom stereocenters. The predicted molar refractivity (Wildman–Crippen MR) is 88.3 cm³/mol. The highest BCUT2D eigenvalue weighted by Gasteiger charge is 2.14. The molecule has 0 saturated carbocycles. The van der Waals surface area contributed by atoms with Crippen molar-refractivity contribution in [1.29, 1.82) is 0 Å². The third-order valence-electron chi connectivity index (χ3n) is 4.09. The van der Waals surface area contributed by atoms with Crippen LogP contribution in [0.15, 0.2) is 42.5 Å². The summed E-state index contributed by atoms with van der Waals surface area (Å²) in [5.74, 6) is 1.00. The van der Waals surface area contributed by atoms with Crippen LogP contribution < -0.4 is 10.1 Å². The molecule has 0 aliphatic carbocycles. The van der Waals surface area contributed by atoms with Crippen LogP contribution in [-0.2, 0) is 12.8 Å². The van der Waals surface area contributed by atoms with E-state index in [0.29, 0.717) is 12.6 Å². The van der Waals surface area contributed by atoms with Gasteiger partial charge in [0.1, 0.15) is 5.75 Å². The van der Waals surface area contributed by atoms with Gasteiger partial charge in [-0.05, 0) is 55.5 Å². The van der Waals surface area contributed by atoms with Gasteiger partial charge in [-0.25, -0.2) is 0 Å². The second-order valence-electron chi connectivity index (χ2n) is 5.79. The van der Waals surface area contributed by atoms with E-state index in [1.54, 1.807) is 0 Å². The van der Waals surface area contributed by atoms with Crippen LogP contribution in [0.3, 0.4) is 0 Å². The van der Waals surface area contributed by atoms with E-state index in [0.717, 1.165) is 12.2 Å². The molecular weight excluding hydrogens is 258 g/mol. The maximum atomic E-state index is 5.72. The number of ether oxygens (including phenoxy) is 1. The van der Waals surface area contributed by atoms with E-state index in [-0.39, 0.29) is 0 Å². The minimum absolute atomic E-state index is 0.585. The number of hydrogen-bond acceptors (Lipinski definition) is 2. The van der Waals surface area contributed by atoms with Crippen molar-refractivity contribution in [2.45, 2.75) is 39.2 Å². The summed E-state index contributed by atoms with van der Waals surface area (Å²) in [6.45, 7) is 4.99. The van der Waals surface area contributed by atoms with Crippen molar-refractivity contribution >= 4 is 5.69 Å². The number of benzene rings is 2. The second kappa shape index (κ2) is 6.21. The van der Waals surface area contributed by atoms with Crippen LogP contribution in [0.5, 0.6) is 5.75 Å². The lowest BCUT2D eigenvalue weighted by Crippen LogP contribution is -2.21. The van der Waals surface area contributed by atoms with Crippen LogP contribution >= 0.6 is 0 Å². The number of anilines is 1. The Morgan fingerprint density at radius 3 is 2.90 bits per heavy atom. The van der Waals surface area contributed by atoms with Gasteiger partial charge in [-0.2, -0.15) is 0 Å². The van der Waals surface area contributed by atoms with Gasteiger partial charge in [-0.1, -0.05) is 30.3 Å². The smallest absolute Gasteiger partial charge is 0.122 e. The first kappa shape index (κ1) is 14.0. The van der Waals surface area contributed by atoms with E-state index >= 15 is 0 Å². The summed E-state index contributed by atoms with van der Waals surface area (Å²) in [7, 11) is 0. The molecule has 0 bridgehead atoms. The van der Waals surface area contributed by atoms with Crippen molar-refractivity contribution in [3.63, 3.8) is 0 Å². The first-order valence-corrected chi connectivity index (χ1v) is 7.85. The molecule has 1 aliphatic heterocycles. The maximum Gasteiger partial charge on any atom is 0.122 e. The molecule has 1 N–H and O–H groups in total. The minimum Gasteiger partial charge on any atom is -0.494 e. The lowest BCUT2D eigenvalue weighted by atomic mass is 9.95.